The Bertz CT molecular complexity index is 3830. The molecular formula is C51H18F6O21S. The molecule has 0 saturated carbocycles. The predicted molar refractivity (Wildman–Crippen MR) is 236 cm³/mol. The third kappa shape index (κ3) is 8.41. The fourth-order valence-corrected chi connectivity index (χ4v) is 9.92. The largest absolute Gasteiger partial charge is 0.457 e. The summed E-state index contributed by atoms with van der Waals surface area (Å²) in [6.45, 7) is 0. The van der Waals surface area contributed by atoms with E-state index in [-0.39, 0.29) is 77.9 Å². The van der Waals surface area contributed by atoms with Gasteiger partial charge >= 0.3 is 84.0 Å². The van der Waals surface area contributed by atoms with Crippen LogP contribution in [0.1, 0.15) is 135 Å². The number of esters is 12. The monoisotopic (exact) mass is 1110 g/mol. The molecule has 0 bridgehead atoms. The van der Waals surface area contributed by atoms with Crippen LogP contribution in [0.15, 0.2) is 119 Å². The second-order valence-corrected chi connectivity index (χ2v) is 18.7. The second-order valence-electron chi connectivity index (χ2n) is 16.8. The zero-order chi connectivity index (χ0) is 57.0. The van der Waals surface area contributed by atoms with Crippen LogP contribution in [0.2, 0.25) is 0 Å². The van der Waals surface area contributed by atoms with Gasteiger partial charge in [0.25, 0.3) is 0 Å². The van der Waals surface area contributed by atoms with Crippen LogP contribution in [0.5, 0.6) is 11.5 Å². The van der Waals surface area contributed by atoms with Crippen molar-refractivity contribution in [1.82, 2.24) is 0 Å². The standard InChI is InChI=1S/C19H6F6O6.C16H6O8S.C16H6O7/c20-18(21,22)17(19(23,24)25,7-1-3-9-11(5-7)15(28)30-13(9)26)8-2-4-10-12(6-8)16(29)31-14(10)27;17-13-9-3-1-7(5-11(9)15(19)23-13)25(21,22)8-2-4-10-12(6-8)16(20)24-14(10)18;17-13-9-3-1-7(5-11(9)15(19)22-13)21-8-2-4-10-12(6-8)16(20)23-14(10)18/h1-6H;1-6H;1-6H. The maximum absolute atomic E-state index is 14.2. The van der Waals surface area contributed by atoms with E-state index in [2.05, 4.69) is 28.4 Å². The van der Waals surface area contributed by atoms with Crippen LogP contribution < -0.4 is 4.74 Å². The maximum atomic E-state index is 14.2. The van der Waals surface area contributed by atoms with Crippen LogP contribution >= 0.6 is 0 Å². The average molecular weight is 1110 g/mol. The number of sulfone groups is 1. The number of rotatable bonds is 6. The summed E-state index contributed by atoms with van der Waals surface area (Å²) in [5.74, 6) is -11.1. The first kappa shape index (κ1) is 52.0. The lowest BCUT2D eigenvalue weighted by molar-refractivity contribution is -0.288. The summed E-state index contributed by atoms with van der Waals surface area (Å²) in [6, 6.07) is 17.9. The highest BCUT2D eigenvalue weighted by Crippen LogP contribution is 2.57. The number of carbonyl (C=O) groups is 12. The van der Waals surface area contributed by atoms with Gasteiger partial charge in [-0.2, -0.15) is 26.3 Å². The van der Waals surface area contributed by atoms with Crippen molar-refractivity contribution < 1.29 is 125 Å². The second kappa shape index (κ2) is 18.1. The molecule has 12 rings (SSSR count). The van der Waals surface area contributed by atoms with Crippen molar-refractivity contribution >= 4 is 81.5 Å². The Balaban J connectivity index is 0.000000135. The van der Waals surface area contributed by atoms with Crippen molar-refractivity contribution in [3.8, 4) is 11.5 Å². The molecule has 79 heavy (non-hydrogen) atoms. The Morgan fingerprint density at radius 1 is 0.291 bits per heavy atom. The lowest BCUT2D eigenvalue weighted by atomic mass is 9.71. The Labute approximate surface area is 432 Å². The van der Waals surface area contributed by atoms with E-state index < -0.39 is 133 Å². The smallest absolute Gasteiger partial charge is 0.411 e. The fourth-order valence-electron chi connectivity index (χ4n) is 8.61. The molecule has 6 aromatic carbocycles. The summed E-state index contributed by atoms with van der Waals surface area (Å²) in [5.41, 5.74) is -9.86. The summed E-state index contributed by atoms with van der Waals surface area (Å²) in [6.07, 6.45) is -12.0. The molecule has 0 radical (unpaired) electrons. The van der Waals surface area contributed by atoms with Crippen molar-refractivity contribution in [2.45, 2.75) is 27.6 Å². The van der Waals surface area contributed by atoms with Crippen LogP contribution in [0.4, 0.5) is 26.3 Å². The molecule has 0 N–H and O–H groups in total. The number of ether oxygens (including phenoxy) is 7. The van der Waals surface area contributed by atoms with Crippen molar-refractivity contribution in [1.29, 1.82) is 0 Å². The molecule has 6 heterocycles. The van der Waals surface area contributed by atoms with Crippen molar-refractivity contribution in [3.05, 3.63) is 187 Å². The van der Waals surface area contributed by atoms with Gasteiger partial charge in [0.1, 0.15) is 11.5 Å². The summed E-state index contributed by atoms with van der Waals surface area (Å²) < 4.78 is 143. The van der Waals surface area contributed by atoms with Gasteiger partial charge in [0, 0.05) is 0 Å². The summed E-state index contributed by atoms with van der Waals surface area (Å²) >= 11 is 0. The molecule has 0 spiro atoms. The van der Waals surface area contributed by atoms with Crippen molar-refractivity contribution in [3.63, 3.8) is 0 Å². The molecule has 6 aliphatic rings. The predicted octanol–water partition coefficient (Wildman–Crippen LogP) is 6.96. The number of benzene rings is 6. The van der Waals surface area contributed by atoms with E-state index in [0.29, 0.717) is 24.3 Å². The number of halogens is 6. The molecule has 21 nitrogen and oxygen atoms in total. The fraction of sp³-hybridized carbons (Fsp3) is 0.0588. The van der Waals surface area contributed by atoms with E-state index in [1.54, 1.807) is 0 Å². The first-order valence-corrected chi connectivity index (χ1v) is 23.1. The molecule has 0 unspecified atom stereocenters. The minimum atomic E-state index is -6.02. The first-order chi connectivity index (χ1) is 37.1. The van der Waals surface area contributed by atoms with Crippen molar-refractivity contribution in [2.75, 3.05) is 0 Å². The quantitative estimate of drug-likeness (QED) is 0.0704. The van der Waals surface area contributed by atoms with Crippen molar-refractivity contribution in [2.24, 2.45) is 0 Å². The van der Waals surface area contributed by atoms with Crippen LogP contribution in [-0.4, -0.2) is 92.4 Å². The van der Waals surface area contributed by atoms with E-state index in [1.165, 1.54) is 48.5 Å². The summed E-state index contributed by atoms with van der Waals surface area (Å²) in [5, 5.41) is 0. The topological polar surface area (TPSA) is 304 Å². The normalized spacial score (nSPS) is 15.7. The molecule has 0 atom stereocenters. The van der Waals surface area contributed by atoms with Crippen LogP contribution in [0.3, 0.4) is 0 Å². The van der Waals surface area contributed by atoms with Gasteiger partial charge in [0.15, 0.2) is 0 Å². The highest BCUT2D eigenvalue weighted by Gasteiger charge is 2.73. The molecule has 0 aliphatic carbocycles. The van der Waals surface area contributed by atoms with E-state index in [0.717, 1.165) is 24.3 Å². The minimum Gasteiger partial charge on any atom is -0.457 e. The van der Waals surface area contributed by atoms with Gasteiger partial charge < -0.3 is 33.2 Å². The Kier molecular flexibility index (Phi) is 11.9. The van der Waals surface area contributed by atoms with Crippen LogP contribution in [-0.2, 0) is 43.7 Å². The summed E-state index contributed by atoms with van der Waals surface area (Å²) in [7, 11) is -4.10. The number of fused-ring (bicyclic) bond motifs is 6. The van der Waals surface area contributed by atoms with Gasteiger partial charge in [-0.15, -0.1) is 0 Å². The molecule has 0 saturated heterocycles. The number of cyclic esters (lactones) is 12. The number of alkyl halides is 6. The highest BCUT2D eigenvalue weighted by molar-refractivity contribution is 7.91. The maximum Gasteiger partial charge on any atom is 0.411 e. The zero-order valence-corrected chi connectivity index (χ0v) is 39.0. The SMILES string of the molecule is O=C1OC(=O)c2cc(C(c3ccc4c(c3)C(=O)OC4=O)(C(F)(F)F)C(F)(F)F)ccc21.O=C1OC(=O)c2cc(Oc3ccc4c(c3)C(=O)OC4=O)ccc21.O=C1OC(=O)c2cc(S(=O)(=O)c3ccc4c(c3)C(=O)OC4=O)ccc21. The molecule has 28 heteroatoms. The molecule has 0 amide bonds. The van der Waals surface area contributed by atoms with E-state index in [9.17, 15) is 92.3 Å². The van der Waals surface area contributed by atoms with E-state index in [1.807, 2.05) is 0 Å². The lowest BCUT2D eigenvalue weighted by Gasteiger charge is -2.38. The van der Waals surface area contributed by atoms with Gasteiger partial charge in [0.2, 0.25) is 15.3 Å². The Hall–Kier alpha value is -10.5. The van der Waals surface area contributed by atoms with Gasteiger partial charge in [-0.25, -0.2) is 66.0 Å². The highest BCUT2D eigenvalue weighted by atomic mass is 32.2. The molecule has 6 aromatic rings. The Morgan fingerprint density at radius 3 is 0.797 bits per heavy atom. The lowest BCUT2D eigenvalue weighted by Crippen LogP contribution is -2.55. The van der Waals surface area contributed by atoms with Gasteiger partial charge in [-0.3, -0.25) is 0 Å². The zero-order valence-electron chi connectivity index (χ0n) is 38.1. The summed E-state index contributed by atoms with van der Waals surface area (Å²) in [4.78, 5) is 138. The van der Waals surface area contributed by atoms with Gasteiger partial charge in [0.05, 0.1) is 76.6 Å². The van der Waals surface area contributed by atoms with Crippen LogP contribution in [0.25, 0.3) is 0 Å². The number of hydrogen-bond acceptors (Lipinski definition) is 21. The molecular weight excluding hydrogens is 1090 g/mol. The molecule has 6 aliphatic heterocycles. The van der Waals surface area contributed by atoms with Gasteiger partial charge in [-0.05, 0) is 108 Å². The molecule has 0 aromatic heterocycles. The first-order valence-electron chi connectivity index (χ1n) is 21.6. The molecule has 0 fully saturated rings. The van der Waals surface area contributed by atoms with E-state index >= 15 is 0 Å². The average Bonchev–Trinajstić information content (AvgIpc) is 3.97. The Morgan fingerprint density at radius 2 is 0.519 bits per heavy atom. The third-order valence-electron chi connectivity index (χ3n) is 12.3. The third-order valence-corrected chi connectivity index (χ3v) is 14.1. The number of hydrogen-bond donors (Lipinski definition) is 0. The van der Waals surface area contributed by atoms with Crippen LogP contribution in [0, 0.1) is 0 Å². The van der Waals surface area contributed by atoms with Gasteiger partial charge in [-0.1, -0.05) is 12.1 Å². The van der Waals surface area contributed by atoms with E-state index in [4.69, 9.17) is 4.74 Å². The number of carbonyl (C=O) groups excluding carboxylic acids is 12. The minimum absolute atomic E-state index is 0.0212. The molecule has 396 valence electrons.